The summed E-state index contributed by atoms with van der Waals surface area (Å²) in [6.45, 7) is 1.81. The van der Waals surface area contributed by atoms with Crippen LogP contribution in [0.4, 0.5) is 5.82 Å². The van der Waals surface area contributed by atoms with Gasteiger partial charge in [-0.3, -0.25) is 4.79 Å². The minimum atomic E-state index is 0.123. The Morgan fingerprint density at radius 1 is 1.28 bits per heavy atom. The predicted octanol–water partition coefficient (Wildman–Crippen LogP) is 2.76. The molecular weight excluding hydrogens is 314 g/mol. The van der Waals surface area contributed by atoms with Crippen molar-refractivity contribution in [2.24, 2.45) is 0 Å². The molecule has 0 N–H and O–H groups in total. The first-order chi connectivity index (χ1) is 12.2. The van der Waals surface area contributed by atoms with E-state index in [2.05, 4.69) is 9.88 Å². The summed E-state index contributed by atoms with van der Waals surface area (Å²) in [6.07, 6.45) is 4.26. The molecule has 25 heavy (non-hydrogen) atoms. The number of carbonyl (C=O) groups is 1. The lowest BCUT2D eigenvalue weighted by Crippen LogP contribution is -2.49. The van der Waals surface area contributed by atoms with Crippen LogP contribution in [0.25, 0.3) is 0 Å². The molecule has 5 heteroatoms. The van der Waals surface area contributed by atoms with Crippen LogP contribution in [-0.4, -0.2) is 49.1 Å². The minimum Gasteiger partial charge on any atom is -0.496 e. The van der Waals surface area contributed by atoms with Gasteiger partial charge in [0.25, 0.3) is 0 Å². The van der Waals surface area contributed by atoms with Gasteiger partial charge in [0.2, 0.25) is 5.91 Å². The van der Waals surface area contributed by atoms with Gasteiger partial charge in [-0.25, -0.2) is 4.98 Å². The first kappa shape index (κ1) is 17.3. The van der Waals surface area contributed by atoms with Gasteiger partial charge in [0.15, 0.2) is 0 Å². The van der Waals surface area contributed by atoms with Crippen molar-refractivity contribution in [3.63, 3.8) is 0 Å². The van der Waals surface area contributed by atoms with E-state index in [-0.39, 0.29) is 11.9 Å². The molecular formula is C20H25N3O2. The maximum Gasteiger partial charge on any atom is 0.227 e. The molecule has 3 rings (SSSR count). The van der Waals surface area contributed by atoms with E-state index in [1.54, 1.807) is 7.11 Å². The van der Waals surface area contributed by atoms with Crippen LogP contribution in [-0.2, 0) is 11.2 Å². The summed E-state index contributed by atoms with van der Waals surface area (Å²) in [7, 11) is 3.54. The molecule has 2 aromatic rings. The highest BCUT2D eigenvalue weighted by Gasteiger charge is 2.27. The number of hydrogen-bond acceptors (Lipinski definition) is 4. The van der Waals surface area contributed by atoms with Gasteiger partial charge >= 0.3 is 0 Å². The average Bonchev–Trinajstić information content (AvgIpc) is 2.68. The summed E-state index contributed by atoms with van der Waals surface area (Å²) >= 11 is 0. The van der Waals surface area contributed by atoms with Gasteiger partial charge in [-0.15, -0.1) is 0 Å². The summed E-state index contributed by atoms with van der Waals surface area (Å²) in [5.41, 5.74) is 0.930. The van der Waals surface area contributed by atoms with Gasteiger partial charge in [-0.1, -0.05) is 24.3 Å². The second-order valence-electron chi connectivity index (χ2n) is 6.42. The number of rotatable bonds is 5. The number of amides is 1. The Hall–Kier alpha value is -2.56. The van der Waals surface area contributed by atoms with Crippen molar-refractivity contribution in [3.05, 3.63) is 54.2 Å². The monoisotopic (exact) mass is 339 g/mol. The molecule has 1 aromatic carbocycles. The molecule has 2 heterocycles. The number of ether oxygens (including phenoxy) is 1. The Labute approximate surface area is 149 Å². The maximum atomic E-state index is 12.8. The number of aromatic nitrogens is 1. The van der Waals surface area contributed by atoms with Crippen molar-refractivity contribution in [1.82, 2.24) is 9.88 Å². The highest BCUT2D eigenvalue weighted by molar-refractivity contribution is 5.79. The smallest absolute Gasteiger partial charge is 0.227 e. The molecule has 0 radical (unpaired) electrons. The average molecular weight is 339 g/mol. The summed E-state index contributed by atoms with van der Waals surface area (Å²) in [4.78, 5) is 21.4. The molecule has 132 valence electrons. The fourth-order valence-electron chi connectivity index (χ4n) is 3.36. The molecule has 1 fully saturated rings. The normalized spacial score (nSPS) is 17.2. The molecule has 0 spiro atoms. The van der Waals surface area contributed by atoms with Crippen LogP contribution in [0.2, 0.25) is 0 Å². The lowest BCUT2D eigenvalue weighted by Gasteiger charge is -2.38. The van der Waals surface area contributed by atoms with Crippen molar-refractivity contribution in [3.8, 4) is 5.75 Å². The van der Waals surface area contributed by atoms with Crippen LogP contribution >= 0.6 is 0 Å². The molecule has 5 nitrogen and oxygen atoms in total. The molecule has 1 unspecified atom stereocenters. The van der Waals surface area contributed by atoms with Crippen LogP contribution in [0, 0.1) is 0 Å². The van der Waals surface area contributed by atoms with Crippen molar-refractivity contribution < 1.29 is 9.53 Å². The summed E-state index contributed by atoms with van der Waals surface area (Å²) < 4.78 is 5.36. The maximum absolute atomic E-state index is 12.8. The third-order valence-corrected chi connectivity index (χ3v) is 4.85. The fourth-order valence-corrected chi connectivity index (χ4v) is 3.36. The zero-order chi connectivity index (χ0) is 17.6. The predicted molar refractivity (Wildman–Crippen MR) is 98.9 cm³/mol. The van der Waals surface area contributed by atoms with Crippen molar-refractivity contribution in [2.45, 2.75) is 25.3 Å². The zero-order valence-electron chi connectivity index (χ0n) is 14.9. The summed E-state index contributed by atoms with van der Waals surface area (Å²) in [5.74, 6) is 1.87. The Bertz CT molecular complexity index is 705. The van der Waals surface area contributed by atoms with Crippen molar-refractivity contribution >= 4 is 11.7 Å². The van der Waals surface area contributed by atoms with Crippen molar-refractivity contribution in [1.29, 1.82) is 0 Å². The molecule has 0 bridgehead atoms. The molecule has 1 saturated heterocycles. The Morgan fingerprint density at radius 3 is 2.84 bits per heavy atom. The Morgan fingerprint density at radius 2 is 2.08 bits per heavy atom. The van der Waals surface area contributed by atoms with E-state index < -0.39 is 0 Å². The number of piperidine rings is 1. The number of likely N-dealkylation sites (N-methyl/N-ethyl adjacent to an activating group) is 1. The SMILES string of the molecule is COc1ccccc1CC(=O)N(C)C1CCCN(c2ccccn2)C1. The molecule has 0 saturated carbocycles. The number of carbonyl (C=O) groups excluding carboxylic acids is 1. The van der Waals surface area contributed by atoms with Gasteiger partial charge < -0.3 is 14.5 Å². The van der Waals surface area contributed by atoms with Crippen LogP contribution in [0.1, 0.15) is 18.4 Å². The third-order valence-electron chi connectivity index (χ3n) is 4.85. The number of para-hydroxylation sites is 1. The Kier molecular flexibility index (Phi) is 5.53. The molecule has 0 aliphatic carbocycles. The van der Waals surface area contributed by atoms with Gasteiger partial charge in [0.05, 0.1) is 13.5 Å². The summed E-state index contributed by atoms with van der Waals surface area (Å²) in [6, 6.07) is 13.9. The van der Waals surface area contributed by atoms with Crippen molar-refractivity contribution in [2.75, 3.05) is 32.1 Å². The van der Waals surface area contributed by atoms with Gasteiger partial charge in [0.1, 0.15) is 11.6 Å². The summed E-state index contributed by atoms with van der Waals surface area (Å²) in [5, 5.41) is 0. The van der Waals surface area contributed by atoms with E-state index >= 15 is 0 Å². The van der Waals surface area contributed by atoms with Crippen LogP contribution in [0.5, 0.6) is 5.75 Å². The van der Waals surface area contributed by atoms with Gasteiger partial charge in [0, 0.05) is 37.9 Å². The van der Waals surface area contributed by atoms with E-state index in [1.165, 1.54) is 0 Å². The highest BCUT2D eigenvalue weighted by atomic mass is 16.5. The third kappa shape index (κ3) is 4.10. The lowest BCUT2D eigenvalue weighted by molar-refractivity contribution is -0.131. The number of anilines is 1. The standard InChI is InChI=1S/C20H25N3O2/c1-22(20(24)14-16-8-3-4-10-18(16)25-2)17-9-7-13-23(15-17)19-11-5-6-12-21-19/h3-6,8,10-12,17H,7,9,13-15H2,1-2H3. The van der Waals surface area contributed by atoms with Gasteiger partial charge in [-0.05, 0) is 31.0 Å². The molecule has 1 aliphatic rings. The van der Waals surface area contributed by atoms with E-state index in [0.717, 1.165) is 43.1 Å². The fraction of sp³-hybridized carbons (Fsp3) is 0.400. The number of methoxy groups -OCH3 is 1. The number of benzene rings is 1. The van der Waals surface area contributed by atoms with Crippen LogP contribution in [0.15, 0.2) is 48.7 Å². The van der Waals surface area contributed by atoms with E-state index in [4.69, 9.17) is 4.74 Å². The van der Waals surface area contributed by atoms with Gasteiger partial charge in [-0.2, -0.15) is 0 Å². The largest absolute Gasteiger partial charge is 0.496 e. The molecule has 1 atom stereocenters. The molecule has 1 aliphatic heterocycles. The van der Waals surface area contributed by atoms with E-state index in [0.29, 0.717) is 6.42 Å². The second-order valence-corrected chi connectivity index (χ2v) is 6.42. The van der Waals surface area contributed by atoms with E-state index in [9.17, 15) is 4.79 Å². The number of pyridine rings is 1. The topological polar surface area (TPSA) is 45.7 Å². The second kappa shape index (κ2) is 8.01. The Balaban J connectivity index is 1.65. The van der Waals surface area contributed by atoms with Crippen LogP contribution < -0.4 is 9.64 Å². The number of nitrogens with zero attached hydrogens (tertiary/aromatic N) is 3. The highest BCUT2D eigenvalue weighted by Crippen LogP contribution is 2.22. The lowest BCUT2D eigenvalue weighted by atomic mass is 10.0. The van der Waals surface area contributed by atoms with E-state index in [1.807, 2.05) is 60.6 Å². The van der Waals surface area contributed by atoms with Crippen LogP contribution in [0.3, 0.4) is 0 Å². The zero-order valence-corrected chi connectivity index (χ0v) is 14.9. The first-order valence-electron chi connectivity index (χ1n) is 8.72. The quantitative estimate of drug-likeness (QED) is 0.840. The first-order valence-corrected chi connectivity index (χ1v) is 8.72. The molecule has 1 aromatic heterocycles. The minimum absolute atomic E-state index is 0.123. The number of hydrogen-bond donors (Lipinski definition) is 0. The molecule has 1 amide bonds.